The predicted octanol–water partition coefficient (Wildman–Crippen LogP) is 7.36. The summed E-state index contributed by atoms with van der Waals surface area (Å²) in [6.07, 6.45) is 9.82. The van der Waals surface area contributed by atoms with Crippen LogP contribution < -0.4 is 0 Å². The van der Waals surface area contributed by atoms with Crippen LogP contribution in [0.25, 0.3) is 73.8 Å². The number of hydrogen-bond acceptors (Lipinski definition) is 10. The van der Waals surface area contributed by atoms with E-state index in [0.717, 1.165) is 67.8 Å². The van der Waals surface area contributed by atoms with Crippen LogP contribution in [0.2, 0.25) is 0 Å². The molecular weight excluding hydrogens is 1060 g/mol. The number of benzene rings is 4. The zero-order valence-corrected chi connectivity index (χ0v) is 34.7. The fourth-order valence-corrected chi connectivity index (χ4v) is 5.95. The Morgan fingerprint density at radius 3 is 1.57 bits per heavy atom. The zero-order chi connectivity index (χ0) is 36.7. The molecule has 0 spiro atoms. The Bertz CT molecular complexity index is 2510. The van der Waals surface area contributed by atoms with Gasteiger partial charge < -0.3 is 9.13 Å². The maximum atomic E-state index is 4.75. The maximum Gasteiger partial charge on any atom is 0.162 e. The Kier molecular flexibility index (Phi) is 12.9. The first-order chi connectivity index (χ1) is 26.7. The first-order valence-electron chi connectivity index (χ1n) is 16.9. The topological polar surface area (TPSA) is 139 Å². The molecule has 0 bridgehead atoms. The molecule has 0 amide bonds. The number of rotatable bonds is 7. The summed E-state index contributed by atoms with van der Waals surface area (Å²) >= 11 is 0. The number of nitrogens with zero attached hydrogens (tertiary/aromatic N) is 12. The SMILES string of the molecule is Cc1ncncc1-c1nnc(-c2[c-]cccc2)n1-c1c(-c2ccccc2)ncnc1-c1ccccc1.Cn1c(-c2[c-]cccc2)nnc1-c1cncnc1.[Ir].[Ir]. The number of hydrogen-bond donors (Lipinski definition) is 0. The van der Waals surface area contributed by atoms with Gasteiger partial charge in [-0.15, -0.1) is 82.0 Å². The minimum Gasteiger partial charge on any atom is -0.350 e. The van der Waals surface area contributed by atoms with Crippen molar-refractivity contribution in [2.24, 2.45) is 7.05 Å². The molecule has 0 aliphatic heterocycles. The molecule has 0 saturated carbocycles. The molecule has 0 aliphatic rings. The molecular formula is C42H30Ir2N12-2. The molecule has 0 unspecified atom stereocenters. The van der Waals surface area contributed by atoms with Crippen LogP contribution in [0.3, 0.4) is 0 Å². The van der Waals surface area contributed by atoms with E-state index in [9.17, 15) is 0 Å². The van der Waals surface area contributed by atoms with Gasteiger partial charge in [0.25, 0.3) is 0 Å². The summed E-state index contributed by atoms with van der Waals surface area (Å²) in [6.45, 7) is 1.93. The van der Waals surface area contributed by atoms with Crippen molar-refractivity contribution in [3.8, 4) is 73.8 Å². The quantitative estimate of drug-likeness (QED) is 0.149. The van der Waals surface area contributed by atoms with Crippen molar-refractivity contribution in [2.45, 2.75) is 6.92 Å². The number of aromatic nitrogens is 12. The smallest absolute Gasteiger partial charge is 0.162 e. The van der Waals surface area contributed by atoms with Gasteiger partial charge in [0.1, 0.15) is 19.0 Å². The van der Waals surface area contributed by atoms with Gasteiger partial charge in [-0.3, -0.25) is 0 Å². The summed E-state index contributed by atoms with van der Waals surface area (Å²) in [4.78, 5) is 26.1. The molecule has 9 rings (SSSR count). The molecule has 2 radical (unpaired) electrons. The second-order valence-electron chi connectivity index (χ2n) is 11.9. The van der Waals surface area contributed by atoms with E-state index >= 15 is 0 Å². The molecule has 4 aromatic carbocycles. The zero-order valence-electron chi connectivity index (χ0n) is 29.9. The minimum atomic E-state index is 0. The third-order valence-corrected chi connectivity index (χ3v) is 8.55. The standard InChI is InChI=1S/C29H20N7.C13H10N5.2Ir/c1-20-24(17-30-18-31-20)29-35-34-28(23-15-9-4-10-16-23)36(29)27-25(21-11-5-2-6-12-21)32-19-33-26(27)22-13-7-3-8-14-22;1-18-12(10-5-3-2-4-6-10)16-17-13(18)11-7-14-9-15-8-11;;/h2-15,17-19H,1H3;2-5,7-9H,1H3;;/q2*-1;;. The minimum absolute atomic E-state index is 0. The summed E-state index contributed by atoms with van der Waals surface area (Å²) < 4.78 is 3.91. The van der Waals surface area contributed by atoms with Crippen molar-refractivity contribution in [2.75, 3.05) is 0 Å². The van der Waals surface area contributed by atoms with E-state index in [1.165, 1.54) is 12.7 Å². The monoisotopic (exact) mass is 1090 g/mol. The molecule has 0 fully saturated rings. The fraction of sp³-hybridized carbons (Fsp3) is 0.0476. The van der Waals surface area contributed by atoms with Gasteiger partial charge in [-0.1, -0.05) is 60.7 Å². The van der Waals surface area contributed by atoms with Gasteiger partial charge in [0.05, 0.1) is 45.5 Å². The molecule has 12 nitrogen and oxygen atoms in total. The molecule has 0 saturated heterocycles. The molecule has 9 aromatic rings. The van der Waals surface area contributed by atoms with Crippen LogP contribution in [0.5, 0.6) is 0 Å². The van der Waals surface area contributed by atoms with Crippen LogP contribution in [-0.4, -0.2) is 59.4 Å². The molecule has 5 aromatic heterocycles. The molecule has 56 heavy (non-hydrogen) atoms. The largest absolute Gasteiger partial charge is 0.350 e. The predicted molar refractivity (Wildman–Crippen MR) is 204 cm³/mol. The molecule has 14 heteroatoms. The van der Waals surface area contributed by atoms with Gasteiger partial charge in [-0.25, -0.2) is 29.9 Å². The van der Waals surface area contributed by atoms with Gasteiger partial charge >= 0.3 is 0 Å². The van der Waals surface area contributed by atoms with Crippen molar-refractivity contribution in [1.29, 1.82) is 0 Å². The van der Waals surface area contributed by atoms with E-state index in [4.69, 9.17) is 9.97 Å². The van der Waals surface area contributed by atoms with Crippen LogP contribution in [0.4, 0.5) is 0 Å². The van der Waals surface area contributed by atoms with Crippen molar-refractivity contribution >= 4 is 0 Å². The van der Waals surface area contributed by atoms with Crippen LogP contribution in [0.1, 0.15) is 5.69 Å². The first kappa shape index (κ1) is 39.4. The first-order valence-corrected chi connectivity index (χ1v) is 16.9. The second-order valence-corrected chi connectivity index (χ2v) is 11.9. The summed E-state index contributed by atoms with van der Waals surface area (Å²) in [5.74, 6) is 2.74. The molecule has 0 aliphatic carbocycles. The van der Waals surface area contributed by atoms with Crippen molar-refractivity contribution in [3.05, 3.63) is 165 Å². The molecule has 278 valence electrons. The van der Waals surface area contributed by atoms with E-state index in [1.54, 1.807) is 24.9 Å². The Labute approximate surface area is 350 Å². The Balaban J connectivity index is 0.000000225. The molecule has 0 N–H and O–H groups in total. The summed E-state index contributed by atoms with van der Waals surface area (Å²) in [6, 6.07) is 41.9. The molecule has 5 heterocycles. The Morgan fingerprint density at radius 1 is 0.482 bits per heavy atom. The second kappa shape index (κ2) is 18.4. The van der Waals surface area contributed by atoms with E-state index in [2.05, 4.69) is 52.5 Å². The van der Waals surface area contributed by atoms with Crippen molar-refractivity contribution < 1.29 is 40.2 Å². The average Bonchev–Trinajstić information content (AvgIpc) is 3.86. The van der Waals surface area contributed by atoms with Gasteiger partial charge in [-0.05, 0) is 6.92 Å². The molecule has 0 atom stereocenters. The van der Waals surface area contributed by atoms with E-state index < -0.39 is 0 Å². The normalized spacial score (nSPS) is 10.4. The van der Waals surface area contributed by atoms with Crippen molar-refractivity contribution in [1.82, 2.24) is 59.4 Å². The van der Waals surface area contributed by atoms with Crippen LogP contribution in [0.15, 0.2) is 147 Å². The third-order valence-electron chi connectivity index (χ3n) is 8.55. The van der Waals surface area contributed by atoms with Gasteiger partial charge in [-0.2, -0.15) is 10.2 Å². The summed E-state index contributed by atoms with van der Waals surface area (Å²) in [7, 11) is 1.92. The summed E-state index contributed by atoms with van der Waals surface area (Å²) in [5, 5.41) is 17.6. The fourth-order valence-electron chi connectivity index (χ4n) is 5.95. The summed E-state index contributed by atoms with van der Waals surface area (Å²) in [5.41, 5.74) is 8.32. The maximum absolute atomic E-state index is 4.75. The van der Waals surface area contributed by atoms with E-state index in [-0.39, 0.29) is 40.2 Å². The van der Waals surface area contributed by atoms with Gasteiger partial charge in [0.2, 0.25) is 0 Å². The van der Waals surface area contributed by atoms with Crippen LogP contribution >= 0.6 is 0 Å². The Morgan fingerprint density at radius 2 is 1.00 bits per heavy atom. The average molecular weight is 1090 g/mol. The third kappa shape index (κ3) is 8.19. The van der Waals surface area contributed by atoms with E-state index in [1.807, 2.05) is 132 Å². The van der Waals surface area contributed by atoms with Gasteiger partial charge in [0, 0.05) is 77.0 Å². The van der Waals surface area contributed by atoms with Gasteiger partial charge in [0.15, 0.2) is 11.6 Å². The van der Waals surface area contributed by atoms with Crippen molar-refractivity contribution in [3.63, 3.8) is 0 Å². The van der Waals surface area contributed by atoms with E-state index in [0.29, 0.717) is 11.6 Å². The number of aryl methyl sites for hydroxylation is 1. The Hall–Kier alpha value is -6.30. The van der Waals surface area contributed by atoms with Crippen LogP contribution in [-0.2, 0) is 47.3 Å². The van der Waals surface area contributed by atoms with Crippen LogP contribution in [0, 0.1) is 19.1 Å².